The van der Waals surface area contributed by atoms with Gasteiger partial charge >= 0.3 is 0 Å². The highest BCUT2D eigenvalue weighted by Crippen LogP contribution is 2.22. The third-order valence-electron chi connectivity index (χ3n) is 2.48. The Bertz CT molecular complexity index is 488. The van der Waals surface area contributed by atoms with Crippen LogP contribution in [0, 0.1) is 0 Å². The van der Waals surface area contributed by atoms with Crippen LogP contribution in [0.2, 0.25) is 0 Å². The second-order valence-corrected chi connectivity index (χ2v) is 4.46. The van der Waals surface area contributed by atoms with E-state index in [-0.39, 0.29) is 0 Å². The molecule has 0 saturated carbocycles. The number of imidazole rings is 1. The summed E-state index contributed by atoms with van der Waals surface area (Å²) in [5.74, 6) is 1.08. The Kier molecular flexibility index (Phi) is 2.69. The van der Waals surface area contributed by atoms with Crippen molar-refractivity contribution >= 4 is 27.1 Å². The zero-order valence-electron chi connectivity index (χ0n) is 9.16. The molecular formula is C11H14BrN3. The van der Waals surface area contributed by atoms with Gasteiger partial charge in [-0.05, 0) is 28.1 Å². The minimum absolute atomic E-state index is 0.921. The maximum Gasteiger partial charge on any atom is 0.132 e. The Balaban J connectivity index is 2.68. The van der Waals surface area contributed by atoms with Crippen LogP contribution in [0.15, 0.2) is 22.9 Å². The van der Waals surface area contributed by atoms with Crippen molar-refractivity contribution in [1.82, 2.24) is 9.38 Å². The number of aryl methyl sites for hydroxylation is 1. The van der Waals surface area contributed by atoms with Gasteiger partial charge in [-0.1, -0.05) is 6.92 Å². The van der Waals surface area contributed by atoms with E-state index in [0.29, 0.717) is 0 Å². The zero-order chi connectivity index (χ0) is 11.0. The van der Waals surface area contributed by atoms with Gasteiger partial charge in [-0.2, -0.15) is 0 Å². The van der Waals surface area contributed by atoms with E-state index in [0.717, 1.165) is 22.4 Å². The molecule has 0 aliphatic heterocycles. The summed E-state index contributed by atoms with van der Waals surface area (Å²) in [6.45, 7) is 2.11. The number of aromatic nitrogens is 2. The van der Waals surface area contributed by atoms with Crippen LogP contribution >= 0.6 is 15.9 Å². The molecule has 0 atom stereocenters. The predicted octanol–water partition coefficient (Wildman–Crippen LogP) is 2.73. The fraction of sp³-hybridized carbons (Fsp3) is 0.364. The zero-order valence-corrected chi connectivity index (χ0v) is 10.7. The first-order valence-corrected chi connectivity index (χ1v) is 5.76. The van der Waals surface area contributed by atoms with Crippen molar-refractivity contribution in [1.29, 1.82) is 0 Å². The number of anilines is 1. The lowest BCUT2D eigenvalue weighted by atomic mass is 10.3. The first-order chi connectivity index (χ1) is 7.13. The van der Waals surface area contributed by atoms with Crippen LogP contribution in [0.3, 0.4) is 0 Å². The summed E-state index contributed by atoms with van der Waals surface area (Å²) in [6.07, 6.45) is 3.05. The fourth-order valence-electron chi connectivity index (χ4n) is 1.61. The van der Waals surface area contributed by atoms with E-state index in [1.165, 1.54) is 5.69 Å². The van der Waals surface area contributed by atoms with Crippen LogP contribution in [-0.4, -0.2) is 23.5 Å². The number of nitrogens with zero attached hydrogens (tertiary/aromatic N) is 3. The van der Waals surface area contributed by atoms with Gasteiger partial charge in [0.05, 0.1) is 11.2 Å². The van der Waals surface area contributed by atoms with E-state index >= 15 is 0 Å². The van der Waals surface area contributed by atoms with E-state index in [1.54, 1.807) is 0 Å². The fourth-order valence-corrected chi connectivity index (χ4v) is 2.14. The quantitative estimate of drug-likeness (QED) is 0.834. The molecule has 0 saturated heterocycles. The first-order valence-electron chi connectivity index (χ1n) is 4.97. The Morgan fingerprint density at radius 2 is 2.13 bits per heavy atom. The average molecular weight is 268 g/mol. The smallest absolute Gasteiger partial charge is 0.132 e. The van der Waals surface area contributed by atoms with Gasteiger partial charge in [-0.15, -0.1) is 0 Å². The molecule has 0 N–H and O–H groups in total. The van der Waals surface area contributed by atoms with E-state index in [4.69, 9.17) is 0 Å². The minimum atomic E-state index is 0.921. The molecule has 2 aromatic rings. The molecule has 0 radical (unpaired) electrons. The maximum atomic E-state index is 4.47. The van der Waals surface area contributed by atoms with Gasteiger partial charge < -0.3 is 9.30 Å². The molecule has 0 aliphatic carbocycles. The Labute approximate surface area is 97.9 Å². The van der Waals surface area contributed by atoms with E-state index < -0.39 is 0 Å². The normalized spacial score (nSPS) is 10.9. The van der Waals surface area contributed by atoms with Gasteiger partial charge in [0.25, 0.3) is 0 Å². The molecule has 2 rings (SSSR count). The van der Waals surface area contributed by atoms with Crippen LogP contribution in [-0.2, 0) is 6.42 Å². The molecule has 0 fully saturated rings. The Morgan fingerprint density at radius 3 is 2.73 bits per heavy atom. The van der Waals surface area contributed by atoms with Gasteiger partial charge in [0.15, 0.2) is 0 Å². The molecule has 2 heterocycles. The van der Waals surface area contributed by atoms with Crippen molar-refractivity contribution in [2.45, 2.75) is 13.3 Å². The molecule has 0 aliphatic rings. The summed E-state index contributed by atoms with van der Waals surface area (Å²) < 4.78 is 3.06. The van der Waals surface area contributed by atoms with Crippen LogP contribution in [0.5, 0.6) is 0 Å². The standard InChI is InChI=1S/C11H14BrN3/c1-4-10-13-11(12)9-6-5-8(14(2)3)7-15(9)10/h5-7H,4H2,1-3H3. The lowest BCUT2D eigenvalue weighted by Crippen LogP contribution is -2.09. The lowest BCUT2D eigenvalue weighted by Gasteiger charge is -2.12. The molecule has 0 unspecified atom stereocenters. The summed E-state index contributed by atoms with van der Waals surface area (Å²) in [4.78, 5) is 6.56. The molecule has 0 spiro atoms. The highest BCUT2D eigenvalue weighted by Gasteiger charge is 2.08. The second-order valence-electron chi connectivity index (χ2n) is 3.71. The van der Waals surface area contributed by atoms with Crippen LogP contribution in [0.25, 0.3) is 5.52 Å². The third kappa shape index (κ3) is 1.74. The number of pyridine rings is 1. The van der Waals surface area contributed by atoms with Crippen molar-refractivity contribution < 1.29 is 0 Å². The van der Waals surface area contributed by atoms with Gasteiger partial charge in [0, 0.05) is 26.7 Å². The SMILES string of the molecule is CCc1nc(Br)c2ccc(N(C)C)cn12. The molecule has 15 heavy (non-hydrogen) atoms. The largest absolute Gasteiger partial charge is 0.376 e. The molecule has 2 aromatic heterocycles. The first kappa shape index (κ1) is 10.5. The van der Waals surface area contributed by atoms with Crippen molar-refractivity contribution in [3.05, 3.63) is 28.8 Å². The number of hydrogen-bond donors (Lipinski definition) is 0. The molecule has 0 amide bonds. The number of halogens is 1. The summed E-state index contributed by atoms with van der Waals surface area (Å²) >= 11 is 3.47. The van der Waals surface area contributed by atoms with Crippen molar-refractivity contribution in [2.24, 2.45) is 0 Å². The highest BCUT2D eigenvalue weighted by molar-refractivity contribution is 9.10. The minimum Gasteiger partial charge on any atom is -0.376 e. The number of hydrogen-bond acceptors (Lipinski definition) is 2. The van der Waals surface area contributed by atoms with Crippen molar-refractivity contribution in [3.63, 3.8) is 0 Å². The molecule has 0 bridgehead atoms. The van der Waals surface area contributed by atoms with E-state index in [1.807, 2.05) is 14.1 Å². The van der Waals surface area contributed by atoms with Crippen LogP contribution in [0.1, 0.15) is 12.7 Å². The van der Waals surface area contributed by atoms with Crippen LogP contribution in [0.4, 0.5) is 5.69 Å². The van der Waals surface area contributed by atoms with Gasteiger partial charge in [0.1, 0.15) is 10.4 Å². The number of rotatable bonds is 2. The average Bonchev–Trinajstić information content (AvgIpc) is 2.55. The summed E-state index contributed by atoms with van der Waals surface area (Å²) in [5, 5.41) is 0. The monoisotopic (exact) mass is 267 g/mol. The van der Waals surface area contributed by atoms with E-state index in [2.05, 4.69) is 55.5 Å². The van der Waals surface area contributed by atoms with E-state index in [9.17, 15) is 0 Å². The molecule has 3 nitrogen and oxygen atoms in total. The van der Waals surface area contributed by atoms with Crippen LogP contribution < -0.4 is 4.90 Å². The molecule has 80 valence electrons. The molecule has 0 aromatic carbocycles. The Hall–Kier alpha value is -1.03. The second kappa shape index (κ2) is 3.85. The summed E-state index contributed by atoms with van der Waals surface area (Å²) in [5.41, 5.74) is 2.31. The highest BCUT2D eigenvalue weighted by atomic mass is 79.9. The summed E-state index contributed by atoms with van der Waals surface area (Å²) in [6, 6.07) is 4.19. The Morgan fingerprint density at radius 1 is 1.40 bits per heavy atom. The molecule has 4 heteroatoms. The lowest BCUT2D eigenvalue weighted by molar-refractivity contribution is 0.926. The topological polar surface area (TPSA) is 20.5 Å². The van der Waals surface area contributed by atoms with Gasteiger partial charge in [0.2, 0.25) is 0 Å². The maximum absolute atomic E-state index is 4.47. The third-order valence-corrected chi connectivity index (χ3v) is 3.07. The predicted molar refractivity (Wildman–Crippen MR) is 66.6 cm³/mol. The van der Waals surface area contributed by atoms with Crippen molar-refractivity contribution in [2.75, 3.05) is 19.0 Å². The summed E-state index contributed by atoms with van der Waals surface area (Å²) in [7, 11) is 4.08. The van der Waals surface area contributed by atoms with Gasteiger partial charge in [-0.25, -0.2) is 4.98 Å². The molecular weight excluding hydrogens is 254 g/mol. The van der Waals surface area contributed by atoms with Gasteiger partial charge in [-0.3, -0.25) is 0 Å². The van der Waals surface area contributed by atoms with Crippen molar-refractivity contribution in [3.8, 4) is 0 Å². The number of fused-ring (bicyclic) bond motifs is 1.